The predicted octanol–water partition coefficient (Wildman–Crippen LogP) is 3.50. The smallest absolute Gasteiger partial charge is 0.00826 e. The van der Waals surface area contributed by atoms with Crippen LogP contribution in [0.4, 0.5) is 0 Å². The van der Waals surface area contributed by atoms with Crippen LogP contribution in [0.1, 0.15) is 41.7 Å². The summed E-state index contributed by atoms with van der Waals surface area (Å²) >= 11 is 1.96. The van der Waals surface area contributed by atoms with Crippen molar-refractivity contribution in [2.75, 3.05) is 0 Å². The van der Waals surface area contributed by atoms with E-state index in [1.54, 1.807) is 10.4 Å². The maximum absolute atomic E-state index is 2.36. The first-order valence-corrected chi connectivity index (χ1v) is 5.24. The summed E-state index contributed by atoms with van der Waals surface area (Å²) in [7, 11) is 0. The van der Waals surface area contributed by atoms with Crippen LogP contribution in [0.2, 0.25) is 0 Å². The van der Waals surface area contributed by atoms with Crippen LogP contribution in [-0.2, 0) is 6.42 Å². The fraction of sp³-hybridized carbons (Fsp3) is 0.600. The summed E-state index contributed by atoms with van der Waals surface area (Å²) < 4.78 is 0. The van der Waals surface area contributed by atoms with Crippen molar-refractivity contribution in [3.63, 3.8) is 0 Å². The third kappa shape index (κ3) is 1.12. The maximum atomic E-state index is 2.36. The summed E-state index contributed by atoms with van der Waals surface area (Å²) in [6.07, 6.45) is 4.12. The van der Waals surface area contributed by atoms with Crippen molar-refractivity contribution >= 4 is 11.3 Å². The molecular formula is C10H14S. The van der Waals surface area contributed by atoms with Gasteiger partial charge in [0.2, 0.25) is 0 Å². The van der Waals surface area contributed by atoms with Gasteiger partial charge in [-0.2, -0.15) is 0 Å². The SMILES string of the molecule is Cc1csc2c1C(C)CCC2. The van der Waals surface area contributed by atoms with Gasteiger partial charge in [-0.25, -0.2) is 0 Å². The van der Waals surface area contributed by atoms with E-state index >= 15 is 0 Å². The molecule has 0 radical (unpaired) electrons. The maximum Gasteiger partial charge on any atom is 0.00826 e. The summed E-state index contributed by atoms with van der Waals surface area (Å²) in [6.45, 7) is 4.61. The molecule has 2 rings (SSSR count). The van der Waals surface area contributed by atoms with E-state index in [0.717, 1.165) is 5.92 Å². The molecule has 0 aromatic carbocycles. The highest BCUT2D eigenvalue weighted by Gasteiger charge is 2.19. The minimum absolute atomic E-state index is 0.824. The molecule has 1 heterocycles. The Morgan fingerprint density at radius 3 is 3.09 bits per heavy atom. The van der Waals surface area contributed by atoms with Gasteiger partial charge in [-0.1, -0.05) is 6.92 Å². The van der Waals surface area contributed by atoms with Crippen LogP contribution in [0.25, 0.3) is 0 Å². The molecule has 1 heteroatoms. The highest BCUT2D eigenvalue weighted by molar-refractivity contribution is 7.10. The van der Waals surface area contributed by atoms with Crippen LogP contribution in [-0.4, -0.2) is 0 Å². The molecule has 1 atom stereocenters. The van der Waals surface area contributed by atoms with Crippen LogP contribution >= 0.6 is 11.3 Å². The van der Waals surface area contributed by atoms with Crippen LogP contribution in [0.5, 0.6) is 0 Å². The van der Waals surface area contributed by atoms with Gasteiger partial charge >= 0.3 is 0 Å². The van der Waals surface area contributed by atoms with Gasteiger partial charge in [0.25, 0.3) is 0 Å². The van der Waals surface area contributed by atoms with Crippen molar-refractivity contribution in [1.29, 1.82) is 0 Å². The first-order valence-electron chi connectivity index (χ1n) is 4.36. The van der Waals surface area contributed by atoms with E-state index in [-0.39, 0.29) is 0 Å². The van der Waals surface area contributed by atoms with Crippen molar-refractivity contribution in [2.45, 2.75) is 39.0 Å². The molecular weight excluding hydrogens is 152 g/mol. The molecule has 1 aromatic rings. The minimum Gasteiger partial charge on any atom is -0.148 e. The average Bonchev–Trinajstić information content (AvgIpc) is 2.34. The topological polar surface area (TPSA) is 0 Å². The molecule has 0 fully saturated rings. The normalized spacial score (nSPS) is 23.3. The van der Waals surface area contributed by atoms with Crippen LogP contribution in [0.15, 0.2) is 5.38 Å². The van der Waals surface area contributed by atoms with E-state index in [9.17, 15) is 0 Å². The number of aryl methyl sites for hydroxylation is 2. The highest BCUT2D eigenvalue weighted by Crippen LogP contribution is 2.37. The second-order valence-corrected chi connectivity index (χ2v) is 4.51. The Morgan fingerprint density at radius 2 is 2.36 bits per heavy atom. The third-order valence-corrected chi connectivity index (χ3v) is 3.82. The van der Waals surface area contributed by atoms with Crippen LogP contribution < -0.4 is 0 Å². The highest BCUT2D eigenvalue weighted by atomic mass is 32.1. The summed E-state index contributed by atoms with van der Waals surface area (Å²) in [5.74, 6) is 0.824. The van der Waals surface area contributed by atoms with Crippen molar-refractivity contribution < 1.29 is 0 Å². The first kappa shape index (κ1) is 7.35. The number of hydrogen-bond donors (Lipinski definition) is 0. The summed E-state index contributed by atoms with van der Waals surface area (Å²) in [4.78, 5) is 1.65. The van der Waals surface area contributed by atoms with Gasteiger partial charge in [0.05, 0.1) is 0 Å². The lowest BCUT2D eigenvalue weighted by Crippen LogP contribution is -2.04. The quantitative estimate of drug-likeness (QED) is 0.553. The largest absolute Gasteiger partial charge is 0.148 e. The summed E-state index contributed by atoms with van der Waals surface area (Å²) in [5, 5.41) is 2.31. The molecule has 11 heavy (non-hydrogen) atoms. The van der Waals surface area contributed by atoms with Crippen molar-refractivity contribution in [1.82, 2.24) is 0 Å². The summed E-state index contributed by atoms with van der Waals surface area (Å²) in [6, 6.07) is 0. The zero-order valence-electron chi connectivity index (χ0n) is 7.18. The fourth-order valence-corrected chi connectivity index (χ4v) is 3.27. The van der Waals surface area contributed by atoms with Gasteiger partial charge in [0, 0.05) is 4.88 Å². The molecule has 1 unspecified atom stereocenters. The number of fused-ring (bicyclic) bond motifs is 1. The summed E-state index contributed by atoms with van der Waals surface area (Å²) in [5.41, 5.74) is 3.19. The van der Waals surface area contributed by atoms with Gasteiger partial charge in [0.1, 0.15) is 0 Å². The zero-order valence-corrected chi connectivity index (χ0v) is 8.00. The van der Waals surface area contributed by atoms with Gasteiger partial charge in [-0.05, 0) is 48.6 Å². The van der Waals surface area contributed by atoms with E-state index in [4.69, 9.17) is 0 Å². The number of hydrogen-bond acceptors (Lipinski definition) is 1. The molecule has 0 amide bonds. The minimum atomic E-state index is 0.824. The Kier molecular flexibility index (Phi) is 1.76. The number of rotatable bonds is 0. The standard InChI is InChI=1S/C10H14S/c1-7-4-3-5-9-10(7)8(2)6-11-9/h6-7H,3-5H2,1-2H3. The Bertz CT molecular complexity index is 260. The molecule has 0 saturated carbocycles. The van der Waals surface area contributed by atoms with Crippen molar-refractivity contribution in [2.24, 2.45) is 0 Å². The van der Waals surface area contributed by atoms with E-state index in [1.165, 1.54) is 24.8 Å². The molecule has 0 nitrogen and oxygen atoms in total. The molecule has 0 N–H and O–H groups in total. The zero-order chi connectivity index (χ0) is 7.84. The van der Waals surface area contributed by atoms with E-state index in [1.807, 2.05) is 11.3 Å². The van der Waals surface area contributed by atoms with E-state index < -0.39 is 0 Å². The van der Waals surface area contributed by atoms with Crippen LogP contribution in [0.3, 0.4) is 0 Å². The molecule has 0 saturated heterocycles. The van der Waals surface area contributed by atoms with E-state index in [2.05, 4.69) is 19.2 Å². The fourth-order valence-electron chi connectivity index (χ4n) is 2.08. The molecule has 60 valence electrons. The van der Waals surface area contributed by atoms with Gasteiger partial charge in [0.15, 0.2) is 0 Å². The Morgan fingerprint density at radius 1 is 1.55 bits per heavy atom. The molecule has 0 spiro atoms. The number of thiophene rings is 1. The lowest BCUT2D eigenvalue weighted by atomic mass is 9.87. The monoisotopic (exact) mass is 166 g/mol. The van der Waals surface area contributed by atoms with Gasteiger partial charge in [-0.15, -0.1) is 11.3 Å². The second-order valence-electron chi connectivity index (χ2n) is 3.55. The molecule has 0 aliphatic heterocycles. The Balaban J connectivity index is 2.48. The molecule has 1 aromatic heterocycles. The predicted molar refractivity (Wildman–Crippen MR) is 50.4 cm³/mol. The Hall–Kier alpha value is -0.300. The third-order valence-electron chi connectivity index (χ3n) is 2.64. The van der Waals surface area contributed by atoms with Crippen molar-refractivity contribution in [3.8, 4) is 0 Å². The molecule has 1 aliphatic carbocycles. The lowest BCUT2D eigenvalue weighted by Gasteiger charge is -2.19. The molecule has 1 aliphatic rings. The van der Waals surface area contributed by atoms with E-state index in [0.29, 0.717) is 0 Å². The van der Waals surface area contributed by atoms with Gasteiger partial charge < -0.3 is 0 Å². The average molecular weight is 166 g/mol. The molecule has 0 bridgehead atoms. The van der Waals surface area contributed by atoms with Crippen LogP contribution in [0, 0.1) is 6.92 Å². The van der Waals surface area contributed by atoms with Crippen molar-refractivity contribution in [3.05, 3.63) is 21.4 Å². The Labute approximate surface area is 72.3 Å². The van der Waals surface area contributed by atoms with Gasteiger partial charge in [-0.3, -0.25) is 0 Å². The second kappa shape index (κ2) is 2.63. The lowest BCUT2D eigenvalue weighted by molar-refractivity contribution is 0.595. The first-order chi connectivity index (χ1) is 5.29.